The van der Waals surface area contributed by atoms with Crippen molar-refractivity contribution < 1.29 is 29.1 Å². The van der Waals surface area contributed by atoms with Gasteiger partial charge < -0.3 is 0 Å². The maximum absolute atomic E-state index is 12.2. The molecule has 0 aliphatic rings. The highest BCUT2D eigenvalue weighted by molar-refractivity contribution is 5.89. The van der Waals surface area contributed by atoms with Crippen LogP contribution in [0.15, 0.2) is 48.5 Å². The van der Waals surface area contributed by atoms with E-state index in [1.54, 1.807) is 48.5 Å². The van der Waals surface area contributed by atoms with Crippen LogP contribution in [-0.4, -0.2) is 11.9 Å². The van der Waals surface area contributed by atoms with Crippen LogP contribution < -0.4 is 0 Å². The zero-order valence-electron chi connectivity index (χ0n) is 18.9. The minimum Gasteiger partial charge on any atom is -0.289 e. The summed E-state index contributed by atoms with van der Waals surface area (Å²) in [6.45, 7) is 7.69. The van der Waals surface area contributed by atoms with Crippen molar-refractivity contribution in [1.29, 1.82) is 0 Å². The quantitative estimate of drug-likeness (QED) is 0.187. The molecule has 172 valence electrons. The number of rotatable bonds is 14. The SMILES string of the molecule is [CH2]CCCCCCCC[C](OOC(=O)c1ccc(C)cc1)OOC(=O)c1ccc(C)cc1. The van der Waals surface area contributed by atoms with E-state index >= 15 is 0 Å². The largest absolute Gasteiger partial charge is 0.373 e. The van der Waals surface area contributed by atoms with E-state index in [0.29, 0.717) is 17.5 Å². The van der Waals surface area contributed by atoms with Gasteiger partial charge in [-0.1, -0.05) is 80.8 Å². The van der Waals surface area contributed by atoms with Crippen molar-refractivity contribution in [3.05, 3.63) is 84.0 Å². The summed E-state index contributed by atoms with van der Waals surface area (Å²) in [5, 5.41) is 0. The number of hydrogen-bond acceptors (Lipinski definition) is 6. The highest BCUT2D eigenvalue weighted by Gasteiger charge is 2.21. The molecule has 0 N–H and O–H groups in total. The third-order valence-electron chi connectivity index (χ3n) is 4.88. The molecule has 2 aromatic rings. The highest BCUT2D eigenvalue weighted by atomic mass is 17.3. The molecule has 32 heavy (non-hydrogen) atoms. The molecule has 0 aliphatic carbocycles. The lowest BCUT2D eigenvalue weighted by molar-refractivity contribution is -0.363. The van der Waals surface area contributed by atoms with Gasteiger partial charge in [0.1, 0.15) is 0 Å². The summed E-state index contributed by atoms with van der Waals surface area (Å²) < 4.78 is 0. The van der Waals surface area contributed by atoms with Gasteiger partial charge in [-0.3, -0.25) is 9.78 Å². The Kier molecular flexibility index (Phi) is 11.5. The van der Waals surface area contributed by atoms with Crippen molar-refractivity contribution in [2.24, 2.45) is 0 Å². The van der Waals surface area contributed by atoms with Crippen LogP contribution in [0.5, 0.6) is 0 Å². The summed E-state index contributed by atoms with van der Waals surface area (Å²) in [5.74, 6) is -1.33. The van der Waals surface area contributed by atoms with Crippen LogP contribution in [0.2, 0.25) is 0 Å². The van der Waals surface area contributed by atoms with Gasteiger partial charge in [-0.15, -0.1) is 9.78 Å². The maximum atomic E-state index is 12.2. The van der Waals surface area contributed by atoms with Gasteiger partial charge in [-0.2, -0.15) is 0 Å². The van der Waals surface area contributed by atoms with Crippen molar-refractivity contribution in [2.75, 3.05) is 0 Å². The summed E-state index contributed by atoms with van der Waals surface area (Å²) in [5.41, 5.74) is 2.74. The fourth-order valence-electron chi connectivity index (χ4n) is 2.89. The number of hydrogen-bond donors (Lipinski definition) is 0. The lowest BCUT2D eigenvalue weighted by atomic mass is 10.1. The molecule has 2 radical (unpaired) electrons. The fourth-order valence-corrected chi connectivity index (χ4v) is 2.89. The molecule has 0 spiro atoms. The molecule has 0 unspecified atom stereocenters. The van der Waals surface area contributed by atoms with E-state index in [4.69, 9.17) is 19.6 Å². The monoisotopic (exact) mass is 440 g/mol. The van der Waals surface area contributed by atoms with E-state index in [1.165, 1.54) is 0 Å². The van der Waals surface area contributed by atoms with Crippen molar-refractivity contribution in [1.82, 2.24) is 0 Å². The summed E-state index contributed by atoms with van der Waals surface area (Å²) in [7, 11) is 0. The smallest absolute Gasteiger partial charge is 0.289 e. The lowest BCUT2D eigenvalue weighted by Gasteiger charge is -2.13. The fraction of sp³-hybridized carbons (Fsp3) is 0.385. The van der Waals surface area contributed by atoms with Crippen molar-refractivity contribution in [3.63, 3.8) is 0 Å². The molecule has 0 fully saturated rings. The number of unbranched alkanes of at least 4 members (excludes halogenated alkanes) is 6. The number of carbonyl (C=O) groups excluding carboxylic acids is 2. The Hall–Kier alpha value is -2.70. The van der Waals surface area contributed by atoms with Crippen LogP contribution in [0, 0.1) is 27.1 Å². The van der Waals surface area contributed by atoms with Crippen LogP contribution in [0.4, 0.5) is 0 Å². The first-order valence-electron chi connectivity index (χ1n) is 11.1. The summed E-state index contributed by atoms with van der Waals surface area (Å²) >= 11 is 0. The number of carbonyl (C=O) groups is 2. The molecule has 0 bridgehead atoms. The van der Waals surface area contributed by atoms with Gasteiger partial charge in [-0.05, 0) is 44.5 Å². The predicted molar refractivity (Wildman–Crippen MR) is 121 cm³/mol. The van der Waals surface area contributed by atoms with Crippen LogP contribution in [-0.2, 0) is 19.6 Å². The zero-order chi connectivity index (χ0) is 23.2. The van der Waals surface area contributed by atoms with E-state index in [-0.39, 0.29) is 6.29 Å². The molecule has 0 saturated carbocycles. The van der Waals surface area contributed by atoms with Gasteiger partial charge in [0, 0.05) is 6.42 Å². The molecule has 2 rings (SSSR count). The molecule has 0 saturated heterocycles. The van der Waals surface area contributed by atoms with E-state index in [0.717, 1.165) is 56.1 Å². The van der Waals surface area contributed by atoms with Crippen molar-refractivity contribution in [2.45, 2.75) is 65.2 Å². The lowest BCUT2D eigenvalue weighted by Crippen LogP contribution is -2.16. The third-order valence-corrected chi connectivity index (χ3v) is 4.88. The van der Waals surface area contributed by atoms with E-state index in [1.807, 2.05) is 13.8 Å². The Morgan fingerprint density at radius 1 is 0.625 bits per heavy atom. The molecule has 2 aromatic carbocycles. The maximum Gasteiger partial charge on any atom is 0.373 e. The van der Waals surface area contributed by atoms with Crippen LogP contribution in [0.3, 0.4) is 0 Å². The van der Waals surface area contributed by atoms with E-state index in [9.17, 15) is 9.59 Å². The second kappa shape index (κ2) is 14.4. The Morgan fingerprint density at radius 3 is 1.47 bits per heavy atom. The van der Waals surface area contributed by atoms with E-state index < -0.39 is 11.9 Å². The standard InChI is InChI=1S/C26H32O6/c1-4-5-6-7-8-9-10-11-24(29-31-25(27)22-16-12-20(2)13-17-22)30-32-26(28)23-18-14-21(3)15-19-23/h12-19H,1,4-11H2,2-3H3. The second-order valence-electron chi connectivity index (χ2n) is 7.74. The van der Waals surface area contributed by atoms with Crippen molar-refractivity contribution >= 4 is 11.9 Å². The topological polar surface area (TPSA) is 71.1 Å². The van der Waals surface area contributed by atoms with Crippen LogP contribution >= 0.6 is 0 Å². The average Bonchev–Trinajstić information content (AvgIpc) is 2.80. The first kappa shape index (κ1) is 25.6. The molecule has 6 nitrogen and oxygen atoms in total. The second-order valence-corrected chi connectivity index (χ2v) is 7.74. The Morgan fingerprint density at radius 2 is 1.03 bits per heavy atom. The van der Waals surface area contributed by atoms with Gasteiger partial charge in [-0.25, -0.2) is 9.59 Å². The Labute approximate surface area is 190 Å². The normalized spacial score (nSPS) is 10.9. The summed E-state index contributed by atoms with van der Waals surface area (Å²) in [6, 6.07) is 13.8. The zero-order valence-corrected chi connectivity index (χ0v) is 18.9. The number of aryl methyl sites for hydroxylation is 2. The van der Waals surface area contributed by atoms with Gasteiger partial charge >= 0.3 is 18.2 Å². The van der Waals surface area contributed by atoms with Gasteiger partial charge in [0.25, 0.3) is 0 Å². The highest BCUT2D eigenvalue weighted by Crippen LogP contribution is 2.19. The van der Waals surface area contributed by atoms with E-state index in [2.05, 4.69) is 6.92 Å². The molecular weight excluding hydrogens is 408 g/mol. The molecule has 0 aromatic heterocycles. The van der Waals surface area contributed by atoms with Gasteiger partial charge in [0.2, 0.25) is 0 Å². The molecule has 0 atom stereocenters. The minimum absolute atomic E-state index is 0.0799. The number of benzene rings is 2. The predicted octanol–water partition coefficient (Wildman–Crippen LogP) is 6.62. The van der Waals surface area contributed by atoms with Gasteiger partial charge in [0.15, 0.2) is 0 Å². The summed E-state index contributed by atoms with van der Waals surface area (Å²) in [4.78, 5) is 44.4. The molecular formula is C26H32O6. The first-order valence-corrected chi connectivity index (χ1v) is 11.1. The van der Waals surface area contributed by atoms with Crippen LogP contribution in [0.25, 0.3) is 0 Å². The van der Waals surface area contributed by atoms with Crippen molar-refractivity contribution in [3.8, 4) is 0 Å². The molecule has 0 heterocycles. The third kappa shape index (κ3) is 9.62. The Balaban J connectivity index is 1.84. The first-order chi connectivity index (χ1) is 15.5. The minimum atomic E-state index is -0.663. The molecule has 0 aliphatic heterocycles. The van der Waals surface area contributed by atoms with Gasteiger partial charge in [0.05, 0.1) is 11.1 Å². The molecule has 6 heteroatoms. The average molecular weight is 441 g/mol. The van der Waals surface area contributed by atoms with Crippen LogP contribution in [0.1, 0.15) is 83.2 Å². The summed E-state index contributed by atoms with van der Waals surface area (Å²) in [6.07, 6.45) is 7.40. The Bertz CT molecular complexity index is 752. The molecule has 0 amide bonds.